The summed E-state index contributed by atoms with van der Waals surface area (Å²) >= 11 is 6.54. The Hall–Kier alpha value is -1.04. The van der Waals surface area contributed by atoms with Crippen LogP contribution in [-0.2, 0) is 10.8 Å². The largest absolute Gasteiger partial charge is 0.453 e. The molecule has 23 heavy (non-hydrogen) atoms. The summed E-state index contributed by atoms with van der Waals surface area (Å²) in [6.45, 7) is 13.3. The molecule has 124 valence electrons. The van der Waals surface area contributed by atoms with Crippen molar-refractivity contribution >= 4 is 24.0 Å². The smallest absolute Gasteiger partial charge is 0.215 e. The van der Waals surface area contributed by atoms with Gasteiger partial charge in [0.25, 0.3) is 0 Å². The molecule has 0 aliphatic rings. The molecule has 0 spiro atoms. The Morgan fingerprint density at radius 1 is 0.826 bits per heavy atom. The van der Waals surface area contributed by atoms with Gasteiger partial charge >= 0.3 is 0 Å². The van der Waals surface area contributed by atoms with E-state index in [-0.39, 0.29) is 10.8 Å². The van der Waals surface area contributed by atoms with Crippen molar-refractivity contribution in [1.29, 1.82) is 0 Å². The molecule has 2 aromatic carbocycles. The maximum Gasteiger partial charge on any atom is 0.215 e. The standard InChI is InChI=1S/C20H26ClOP/c1-19(2,3)15-12-13-18(17(14-15)20(4,5)6)22-23(21)16-10-8-7-9-11-16/h7-14H,1-6H3/t23-/m1/s1. The van der Waals surface area contributed by atoms with Crippen molar-refractivity contribution in [2.75, 3.05) is 0 Å². The lowest BCUT2D eigenvalue weighted by Gasteiger charge is -2.27. The van der Waals surface area contributed by atoms with Gasteiger partial charge in [-0.2, -0.15) is 0 Å². The normalized spacial score (nSPS) is 13.7. The first kappa shape index (κ1) is 18.3. The highest BCUT2D eigenvalue weighted by Gasteiger charge is 2.24. The Morgan fingerprint density at radius 3 is 1.96 bits per heavy atom. The number of rotatable bonds is 3. The third-order valence-electron chi connectivity index (χ3n) is 3.79. The van der Waals surface area contributed by atoms with Crippen LogP contribution in [0.2, 0.25) is 0 Å². The second kappa shape index (κ2) is 6.83. The SMILES string of the molecule is CC(C)(C)c1ccc(O[P@@](Cl)c2ccccc2)c(C(C)(C)C)c1. The van der Waals surface area contributed by atoms with Crippen LogP contribution < -0.4 is 9.83 Å². The van der Waals surface area contributed by atoms with Crippen LogP contribution in [0.3, 0.4) is 0 Å². The summed E-state index contributed by atoms with van der Waals surface area (Å²) in [5, 5.41) is 1.03. The van der Waals surface area contributed by atoms with E-state index < -0.39 is 7.50 Å². The quantitative estimate of drug-likeness (QED) is 0.572. The van der Waals surface area contributed by atoms with Crippen LogP contribution in [0, 0.1) is 0 Å². The Kier molecular flexibility index (Phi) is 5.44. The van der Waals surface area contributed by atoms with Gasteiger partial charge in [-0.3, -0.25) is 0 Å². The van der Waals surface area contributed by atoms with Gasteiger partial charge in [-0.15, -0.1) is 0 Å². The van der Waals surface area contributed by atoms with Crippen molar-refractivity contribution in [2.24, 2.45) is 0 Å². The van der Waals surface area contributed by atoms with Crippen LogP contribution in [0.5, 0.6) is 5.75 Å². The second-order valence-corrected chi connectivity index (χ2v) is 9.99. The second-order valence-electron chi connectivity index (χ2n) is 7.88. The highest BCUT2D eigenvalue weighted by Crippen LogP contribution is 2.46. The third kappa shape index (κ3) is 4.72. The van der Waals surface area contributed by atoms with Crippen molar-refractivity contribution in [1.82, 2.24) is 0 Å². The molecule has 0 bridgehead atoms. The maximum atomic E-state index is 6.54. The topological polar surface area (TPSA) is 9.23 Å². The molecule has 0 N–H and O–H groups in total. The predicted octanol–water partition coefficient (Wildman–Crippen LogP) is 6.54. The molecule has 0 saturated carbocycles. The molecule has 0 fully saturated rings. The van der Waals surface area contributed by atoms with Gasteiger partial charge in [-0.25, -0.2) is 0 Å². The summed E-state index contributed by atoms with van der Waals surface area (Å²) in [5.41, 5.74) is 2.63. The fraction of sp³-hybridized carbons (Fsp3) is 0.400. The highest BCUT2D eigenvalue weighted by molar-refractivity contribution is 7.86. The van der Waals surface area contributed by atoms with E-state index in [1.54, 1.807) is 0 Å². The number of hydrogen-bond acceptors (Lipinski definition) is 1. The van der Waals surface area contributed by atoms with E-state index in [0.717, 1.165) is 11.1 Å². The van der Waals surface area contributed by atoms with Crippen molar-refractivity contribution in [3.8, 4) is 5.75 Å². The Bertz CT molecular complexity index is 654. The summed E-state index contributed by atoms with van der Waals surface area (Å²) in [6.07, 6.45) is 0. The molecule has 0 unspecified atom stereocenters. The molecule has 0 aliphatic heterocycles. The lowest BCUT2D eigenvalue weighted by atomic mass is 9.80. The molecule has 0 radical (unpaired) electrons. The van der Waals surface area contributed by atoms with Gasteiger partial charge in [0.1, 0.15) is 5.75 Å². The highest BCUT2D eigenvalue weighted by atomic mass is 35.7. The summed E-state index contributed by atoms with van der Waals surface area (Å²) in [4.78, 5) is 0. The minimum absolute atomic E-state index is 0.000341. The first-order chi connectivity index (χ1) is 10.6. The monoisotopic (exact) mass is 348 g/mol. The lowest BCUT2D eigenvalue weighted by Crippen LogP contribution is -2.17. The molecule has 1 atom stereocenters. The van der Waals surface area contributed by atoms with Crippen molar-refractivity contribution in [2.45, 2.75) is 52.4 Å². The molecule has 2 rings (SSSR count). The van der Waals surface area contributed by atoms with Crippen LogP contribution in [0.25, 0.3) is 0 Å². The molecule has 0 saturated heterocycles. The summed E-state index contributed by atoms with van der Waals surface area (Å²) in [7, 11) is -1.18. The molecular weight excluding hydrogens is 323 g/mol. The van der Waals surface area contributed by atoms with Gasteiger partial charge < -0.3 is 4.52 Å². The molecule has 3 heteroatoms. The Labute approximate surface area is 146 Å². The number of hydrogen-bond donors (Lipinski definition) is 0. The minimum atomic E-state index is -1.18. The van der Waals surface area contributed by atoms with Gasteiger partial charge in [0.15, 0.2) is 0 Å². The van der Waals surface area contributed by atoms with Gasteiger partial charge in [0.05, 0.1) is 0 Å². The van der Waals surface area contributed by atoms with E-state index in [1.807, 2.05) is 30.3 Å². The minimum Gasteiger partial charge on any atom is -0.453 e. The number of benzene rings is 2. The fourth-order valence-corrected chi connectivity index (χ4v) is 3.75. The maximum absolute atomic E-state index is 6.54. The first-order valence-electron chi connectivity index (χ1n) is 7.93. The Morgan fingerprint density at radius 2 is 1.43 bits per heavy atom. The summed E-state index contributed by atoms with van der Waals surface area (Å²) < 4.78 is 6.16. The van der Waals surface area contributed by atoms with Crippen molar-refractivity contribution in [3.05, 3.63) is 59.7 Å². The van der Waals surface area contributed by atoms with E-state index in [4.69, 9.17) is 15.8 Å². The zero-order valence-electron chi connectivity index (χ0n) is 14.9. The van der Waals surface area contributed by atoms with Crippen LogP contribution >= 0.6 is 18.7 Å². The van der Waals surface area contributed by atoms with Gasteiger partial charge in [-0.05, 0) is 33.7 Å². The number of halogens is 1. The van der Waals surface area contributed by atoms with Crippen molar-refractivity contribution < 1.29 is 4.52 Å². The van der Waals surface area contributed by atoms with E-state index in [1.165, 1.54) is 11.1 Å². The third-order valence-corrected chi connectivity index (χ3v) is 5.64. The summed E-state index contributed by atoms with van der Waals surface area (Å²) in [5.74, 6) is 0.885. The average Bonchev–Trinajstić information content (AvgIpc) is 2.46. The molecule has 0 amide bonds. The van der Waals surface area contributed by atoms with Crippen molar-refractivity contribution in [3.63, 3.8) is 0 Å². The van der Waals surface area contributed by atoms with Crippen LogP contribution in [0.15, 0.2) is 48.5 Å². The Balaban J connectivity index is 2.38. The van der Waals surface area contributed by atoms with Crippen LogP contribution in [0.1, 0.15) is 52.7 Å². The molecule has 0 heterocycles. The van der Waals surface area contributed by atoms with Gasteiger partial charge in [0.2, 0.25) is 7.50 Å². The van der Waals surface area contributed by atoms with Crippen LogP contribution in [-0.4, -0.2) is 0 Å². The van der Waals surface area contributed by atoms with Gasteiger partial charge in [0, 0.05) is 10.9 Å². The first-order valence-corrected chi connectivity index (χ1v) is 10.1. The zero-order chi connectivity index (χ0) is 17.3. The molecular formula is C20H26ClOP. The van der Waals surface area contributed by atoms with E-state index in [0.29, 0.717) is 0 Å². The molecule has 1 nitrogen and oxygen atoms in total. The van der Waals surface area contributed by atoms with E-state index >= 15 is 0 Å². The molecule has 0 aliphatic carbocycles. The van der Waals surface area contributed by atoms with Gasteiger partial charge in [-0.1, -0.05) is 84.0 Å². The fourth-order valence-electron chi connectivity index (χ4n) is 2.35. The molecule has 0 aromatic heterocycles. The summed E-state index contributed by atoms with van der Waals surface area (Å²) in [6, 6.07) is 16.5. The molecule has 2 aromatic rings. The predicted molar refractivity (Wildman–Crippen MR) is 103 cm³/mol. The van der Waals surface area contributed by atoms with Crippen LogP contribution in [0.4, 0.5) is 0 Å². The van der Waals surface area contributed by atoms with E-state index in [9.17, 15) is 0 Å². The average molecular weight is 349 g/mol. The zero-order valence-corrected chi connectivity index (χ0v) is 16.5. The lowest BCUT2D eigenvalue weighted by molar-refractivity contribution is 0.533. The van der Waals surface area contributed by atoms with E-state index in [2.05, 4.69) is 59.7 Å².